The van der Waals surface area contributed by atoms with Crippen LogP contribution in [-0.4, -0.2) is 63.6 Å². The Balaban J connectivity index is 1.59. The molecule has 1 aliphatic heterocycles. The molecule has 4 nitrogen and oxygen atoms in total. The van der Waals surface area contributed by atoms with Gasteiger partial charge in [0.25, 0.3) is 6.43 Å². The lowest BCUT2D eigenvalue weighted by Crippen LogP contribution is -2.46. The predicted octanol–water partition coefficient (Wildman–Crippen LogP) is 7.41. The van der Waals surface area contributed by atoms with Crippen molar-refractivity contribution in [3.05, 3.63) is 52.4 Å². The van der Waals surface area contributed by atoms with Gasteiger partial charge in [0.15, 0.2) is 17.7 Å². The second-order valence-electron chi connectivity index (χ2n) is 9.40. The lowest BCUT2D eigenvalue weighted by molar-refractivity contribution is 0.0504. The minimum atomic E-state index is -3.27. The van der Waals surface area contributed by atoms with E-state index in [0.29, 0.717) is 23.4 Å². The summed E-state index contributed by atoms with van der Waals surface area (Å²) in [6.45, 7) is 4.30. The summed E-state index contributed by atoms with van der Waals surface area (Å²) in [4.78, 5) is 1.98. The average molecular weight is 588 g/mol. The normalized spacial score (nSPS) is 18.7. The van der Waals surface area contributed by atoms with E-state index < -0.39 is 44.6 Å². The smallest absolute Gasteiger partial charge is 0.273 e. The molecule has 0 amide bonds. The van der Waals surface area contributed by atoms with Gasteiger partial charge in [-0.2, -0.15) is 0 Å². The van der Waals surface area contributed by atoms with Crippen molar-refractivity contribution >= 4 is 40.9 Å². The zero-order valence-corrected chi connectivity index (χ0v) is 23.2. The van der Waals surface area contributed by atoms with Crippen LogP contribution in [0.5, 0.6) is 5.75 Å². The van der Waals surface area contributed by atoms with E-state index in [4.69, 9.17) is 4.52 Å². The van der Waals surface area contributed by atoms with E-state index in [1.165, 1.54) is 6.07 Å². The van der Waals surface area contributed by atoms with Crippen LogP contribution >= 0.6 is 19.5 Å². The number of hydrogen-bond acceptors (Lipinski definition) is 5. The summed E-state index contributed by atoms with van der Waals surface area (Å²) < 4.78 is 90.8. The lowest BCUT2D eigenvalue weighted by Gasteiger charge is -2.33. The fourth-order valence-electron chi connectivity index (χ4n) is 4.36. The highest BCUT2D eigenvalue weighted by molar-refractivity contribution is 7.51. The number of thiophene rings is 1. The number of nitrogens with one attached hydrogen (secondary N) is 2. The maximum atomic E-state index is 14.8. The Bertz CT molecular complexity index is 1380. The molecule has 3 unspecified atom stereocenters. The van der Waals surface area contributed by atoms with E-state index in [2.05, 4.69) is 22.5 Å². The minimum Gasteiger partial charge on any atom is -0.471 e. The molecule has 0 radical (unpaired) electrons. The van der Waals surface area contributed by atoms with Crippen molar-refractivity contribution in [2.45, 2.75) is 31.2 Å². The van der Waals surface area contributed by atoms with Gasteiger partial charge in [-0.05, 0) is 32.9 Å². The molecule has 2 aromatic carbocycles. The first-order chi connectivity index (χ1) is 18.5. The van der Waals surface area contributed by atoms with Gasteiger partial charge in [-0.25, -0.2) is 26.3 Å². The summed E-state index contributed by atoms with van der Waals surface area (Å²) >= 11 is 1.03. The first kappa shape index (κ1) is 29.3. The molecule has 3 aromatic rings. The number of benzene rings is 2. The summed E-state index contributed by atoms with van der Waals surface area (Å²) in [5, 5.41) is 6.09. The Morgan fingerprint density at radius 3 is 2.62 bits per heavy atom. The number of hydrogen-bond donors (Lipinski definition) is 2. The standard InChI is InChI=1S/C27H28F6N3OPS/c1-36-11-9-19(18(30)14-36)35-20-7-4-6-15-24(25(31)27(32)33)23(39-26(15)20)8-5-10-34-21-12-17(29)22(13-16(21)28)37-38(2)3/h4,6-7,12-13,18-19,25,27,34-35H,9-11,14H2,1-3H3. The van der Waals surface area contributed by atoms with E-state index in [0.717, 1.165) is 23.5 Å². The molecular formula is C27H28F6N3OPS. The van der Waals surface area contributed by atoms with Gasteiger partial charge < -0.3 is 20.1 Å². The second-order valence-corrected chi connectivity index (χ2v) is 12.2. The van der Waals surface area contributed by atoms with Crippen LogP contribution in [0.15, 0.2) is 30.3 Å². The molecule has 1 aliphatic rings. The summed E-state index contributed by atoms with van der Waals surface area (Å²) in [5.74, 6) is 3.71. The molecular weight excluding hydrogens is 559 g/mol. The van der Waals surface area contributed by atoms with E-state index >= 15 is 0 Å². The SMILES string of the molecule is CN1CCC(Nc2cccc3c(C(F)C(F)F)c(C#CCNc4cc(F)c(OP(C)C)cc4F)sc23)C(F)C1. The number of likely N-dealkylation sites (tertiary alicyclic amines) is 1. The van der Waals surface area contributed by atoms with Crippen molar-refractivity contribution in [1.29, 1.82) is 0 Å². The van der Waals surface area contributed by atoms with Crippen molar-refractivity contribution in [2.24, 2.45) is 0 Å². The zero-order chi connectivity index (χ0) is 28.3. The number of anilines is 2. The van der Waals surface area contributed by atoms with E-state index in [9.17, 15) is 26.3 Å². The Kier molecular flexibility index (Phi) is 9.52. The average Bonchev–Trinajstić information content (AvgIpc) is 3.24. The van der Waals surface area contributed by atoms with Gasteiger partial charge in [0.2, 0.25) is 0 Å². The summed E-state index contributed by atoms with van der Waals surface area (Å²) in [5.41, 5.74) is 0.130. The Hall–Kier alpha value is -2.67. The van der Waals surface area contributed by atoms with Crippen LogP contribution in [0, 0.1) is 23.5 Å². The fraction of sp³-hybridized carbons (Fsp3) is 0.407. The number of alkyl halides is 4. The molecule has 2 heterocycles. The molecule has 12 heteroatoms. The van der Waals surface area contributed by atoms with Crippen LogP contribution in [0.1, 0.15) is 23.0 Å². The molecule has 1 fully saturated rings. The third-order valence-corrected chi connectivity index (χ3v) is 7.94. The minimum absolute atomic E-state index is 0.0867. The Morgan fingerprint density at radius 1 is 1.15 bits per heavy atom. The maximum absolute atomic E-state index is 14.8. The molecule has 4 rings (SSSR count). The van der Waals surface area contributed by atoms with Gasteiger partial charge in [-0.1, -0.05) is 24.0 Å². The van der Waals surface area contributed by atoms with E-state index in [1.807, 2.05) is 11.9 Å². The molecule has 1 saturated heterocycles. The van der Waals surface area contributed by atoms with Crippen LogP contribution in [-0.2, 0) is 0 Å². The molecule has 1 aromatic heterocycles. The van der Waals surface area contributed by atoms with Crippen molar-refractivity contribution in [3.63, 3.8) is 0 Å². The van der Waals surface area contributed by atoms with Crippen molar-refractivity contribution in [3.8, 4) is 17.6 Å². The van der Waals surface area contributed by atoms with Crippen LogP contribution in [0.3, 0.4) is 0 Å². The molecule has 0 aliphatic carbocycles. The molecule has 0 spiro atoms. The Labute approximate surface area is 228 Å². The highest BCUT2D eigenvalue weighted by atomic mass is 32.1. The zero-order valence-electron chi connectivity index (χ0n) is 21.5. The largest absolute Gasteiger partial charge is 0.471 e. The van der Waals surface area contributed by atoms with Gasteiger partial charge in [-0.3, -0.25) is 0 Å². The van der Waals surface area contributed by atoms with Gasteiger partial charge in [0, 0.05) is 36.2 Å². The molecule has 3 atom stereocenters. The summed E-state index contributed by atoms with van der Waals surface area (Å²) in [6, 6.07) is 6.25. The molecule has 0 bridgehead atoms. The predicted molar refractivity (Wildman–Crippen MR) is 147 cm³/mol. The van der Waals surface area contributed by atoms with Gasteiger partial charge in [-0.15, -0.1) is 11.3 Å². The first-order valence-electron chi connectivity index (χ1n) is 12.2. The quantitative estimate of drug-likeness (QED) is 0.164. The topological polar surface area (TPSA) is 36.5 Å². The first-order valence-corrected chi connectivity index (χ1v) is 15.2. The Morgan fingerprint density at radius 2 is 1.92 bits per heavy atom. The molecule has 0 saturated carbocycles. The highest BCUT2D eigenvalue weighted by Crippen LogP contribution is 2.42. The number of nitrogens with zero attached hydrogens (tertiary/aromatic N) is 1. The van der Waals surface area contributed by atoms with Gasteiger partial charge >= 0.3 is 0 Å². The molecule has 39 heavy (non-hydrogen) atoms. The summed E-state index contributed by atoms with van der Waals surface area (Å²) in [6.07, 6.45) is -6.43. The number of fused-ring (bicyclic) bond motifs is 1. The highest BCUT2D eigenvalue weighted by Gasteiger charge is 2.31. The lowest BCUT2D eigenvalue weighted by atomic mass is 10.0. The maximum Gasteiger partial charge on any atom is 0.273 e. The molecule has 210 valence electrons. The van der Waals surface area contributed by atoms with Crippen molar-refractivity contribution in [1.82, 2.24) is 4.90 Å². The van der Waals surface area contributed by atoms with Crippen molar-refractivity contribution in [2.75, 3.05) is 50.6 Å². The molecule has 2 N–H and O–H groups in total. The van der Waals surface area contributed by atoms with Gasteiger partial charge in [0.05, 0.1) is 41.7 Å². The van der Waals surface area contributed by atoms with Crippen LogP contribution in [0.4, 0.5) is 37.7 Å². The van der Waals surface area contributed by atoms with Crippen LogP contribution in [0.2, 0.25) is 0 Å². The third kappa shape index (κ3) is 6.92. The van der Waals surface area contributed by atoms with Crippen LogP contribution < -0.4 is 15.2 Å². The van der Waals surface area contributed by atoms with Crippen LogP contribution in [0.25, 0.3) is 10.1 Å². The number of piperidine rings is 1. The monoisotopic (exact) mass is 587 g/mol. The number of halogens is 6. The van der Waals surface area contributed by atoms with Gasteiger partial charge in [0.1, 0.15) is 12.0 Å². The van der Waals surface area contributed by atoms with Crippen molar-refractivity contribution < 1.29 is 30.9 Å². The number of rotatable bonds is 8. The van der Waals surface area contributed by atoms with E-state index in [1.54, 1.807) is 25.5 Å². The second kappa shape index (κ2) is 12.7. The van der Waals surface area contributed by atoms with E-state index in [-0.39, 0.29) is 40.4 Å². The summed E-state index contributed by atoms with van der Waals surface area (Å²) in [7, 11) is 0.890. The fourth-order valence-corrected chi connectivity index (χ4v) is 6.08. The third-order valence-electron chi connectivity index (χ3n) is 6.21.